The zero-order valence-corrected chi connectivity index (χ0v) is 15.9. The van der Waals surface area contributed by atoms with Gasteiger partial charge in [-0.15, -0.1) is 24.0 Å². The average molecular weight is 461 g/mol. The Bertz CT molecular complexity index is 500. The number of pyridine rings is 1. The molecule has 0 saturated heterocycles. The van der Waals surface area contributed by atoms with Gasteiger partial charge in [0, 0.05) is 46.6 Å². The molecule has 1 aromatic rings. The fourth-order valence-corrected chi connectivity index (χ4v) is 1.78. The molecule has 10 heteroatoms. The fourth-order valence-electron chi connectivity index (χ4n) is 1.78. The van der Waals surface area contributed by atoms with Crippen LogP contribution in [0.5, 0.6) is 0 Å². The Morgan fingerprint density at radius 3 is 2.58 bits per heavy atom. The highest BCUT2D eigenvalue weighted by atomic mass is 127. The third-order valence-electron chi connectivity index (χ3n) is 2.86. The van der Waals surface area contributed by atoms with Crippen LogP contribution in [0.3, 0.4) is 0 Å². The first-order chi connectivity index (χ1) is 11.0. The Labute approximate surface area is 156 Å². The maximum atomic E-state index is 12.8. The van der Waals surface area contributed by atoms with Gasteiger partial charge in [0.15, 0.2) is 5.96 Å². The highest BCUT2D eigenvalue weighted by Gasteiger charge is 2.33. The van der Waals surface area contributed by atoms with Crippen LogP contribution in [0.4, 0.5) is 19.0 Å². The summed E-state index contributed by atoms with van der Waals surface area (Å²) in [6.45, 7) is 2.02. The van der Waals surface area contributed by atoms with Crippen molar-refractivity contribution in [1.82, 2.24) is 15.6 Å². The van der Waals surface area contributed by atoms with Gasteiger partial charge in [-0.25, -0.2) is 4.98 Å². The van der Waals surface area contributed by atoms with Crippen molar-refractivity contribution in [3.63, 3.8) is 0 Å². The smallest absolute Gasteiger partial charge is 0.385 e. The number of nitrogens with zero attached hydrogens (tertiary/aromatic N) is 2. The first kappa shape index (κ1) is 22.7. The van der Waals surface area contributed by atoms with Crippen molar-refractivity contribution in [2.24, 2.45) is 4.99 Å². The summed E-state index contributed by atoms with van der Waals surface area (Å²) in [5.74, 6) is 0.407. The molecule has 0 fully saturated rings. The second-order valence-electron chi connectivity index (χ2n) is 4.60. The standard InChI is InChI=1S/C14H22F3N5O.HI/c1-18-13(21-7-4-10-23-2)22-9-8-20-12-11(14(15,16)17)5-3-6-19-12;/h3,5-6H,4,7-10H2,1-2H3,(H,19,20)(H2,18,21,22);1H. The minimum absolute atomic E-state index is 0. The Hall–Kier alpha value is -1.30. The Kier molecular flexibility index (Phi) is 11.5. The van der Waals surface area contributed by atoms with Crippen LogP contribution < -0.4 is 16.0 Å². The molecule has 1 aromatic heterocycles. The van der Waals surface area contributed by atoms with Crippen molar-refractivity contribution in [2.45, 2.75) is 12.6 Å². The molecule has 0 aliphatic heterocycles. The van der Waals surface area contributed by atoms with Crippen LogP contribution >= 0.6 is 24.0 Å². The van der Waals surface area contributed by atoms with Gasteiger partial charge in [-0.2, -0.15) is 13.2 Å². The number of halogens is 4. The number of guanidine groups is 1. The highest BCUT2D eigenvalue weighted by Crippen LogP contribution is 2.33. The molecule has 3 N–H and O–H groups in total. The van der Waals surface area contributed by atoms with E-state index in [2.05, 4.69) is 25.9 Å². The summed E-state index contributed by atoms with van der Waals surface area (Å²) >= 11 is 0. The van der Waals surface area contributed by atoms with Gasteiger partial charge in [0.25, 0.3) is 0 Å². The number of ether oxygens (including phenoxy) is 1. The van der Waals surface area contributed by atoms with Gasteiger partial charge >= 0.3 is 6.18 Å². The van der Waals surface area contributed by atoms with E-state index in [0.29, 0.717) is 25.7 Å². The predicted octanol–water partition coefficient (Wildman–Crippen LogP) is 2.33. The topological polar surface area (TPSA) is 70.6 Å². The number of anilines is 1. The molecule has 0 radical (unpaired) electrons. The van der Waals surface area contributed by atoms with Crippen molar-refractivity contribution < 1.29 is 17.9 Å². The second-order valence-corrected chi connectivity index (χ2v) is 4.60. The zero-order chi connectivity index (χ0) is 17.1. The molecule has 0 amide bonds. The molecule has 0 saturated carbocycles. The van der Waals surface area contributed by atoms with Crippen LogP contribution in [0.25, 0.3) is 0 Å². The zero-order valence-electron chi connectivity index (χ0n) is 13.6. The molecule has 0 spiro atoms. The summed E-state index contributed by atoms with van der Waals surface area (Å²) in [4.78, 5) is 7.75. The lowest BCUT2D eigenvalue weighted by Crippen LogP contribution is -2.40. The minimum atomic E-state index is -4.43. The molecule has 0 unspecified atom stereocenters. The maximum absolute atomic E-state index is 12.8. The summed E-state index contributed by atoms with van der Waals surface area (Å²) in [6.07, 6.45) is -2.28. The average Bonchev–Trinajstić information content (AvgIpc) is 2.53. The van der Waals surface area contributed by atoms with Crippen LogP contribution in [0, 0.1) is 0 Å². The van der Waals surface area contributed by atoms with E-state index in [-0.39, 0.29) is 36.3 Å². The van der Waals surface area contributed by atoms with Crippen molar-refractivity contribution in [3.8, 4) is 0 Å². The van der Waals surface area contributed by atoms with Crippen LogP contribution in [0.15, 0.2) is 23.3 Å². The summed E-state index contributed by atoms with van der Waals surface area (Å²) in [6, 6.07) is 2.26. The number of hydrogen-bond acceptors (Lipinski definition) is 4. The molecule has 138 valence electrons. The Morgan fingerprint density at radius 2 is 1.96 bits per heavy atom. The monoisotopic (exact) mass is 461 g/mol. The number of methoxy groups -OCH3 is 1. The molecule has 1 rings (SSSR count). The molecule has 24 heavy (non-hydrogen) atoms. The lowest BCUT2D eigenvalue weighted by molar-refractivity contribution is -0.137. The number of alkyl halides is 3. The third-order valence-corrected chi connectivity index (χ3v) is 2.86. The lowest BCUT2D eigenvalue weighted by atomic mass is 10.2. The maximum Gasteiger partial charge on any atom is 0.419 e. The van der Waals surface area contributed by atoms with Crippen LogP contribution in [-0.2, 0) is 10.9 Å². The molecule has 6 nitrogen and oxygen atoms in total. The molecule has 0 bridgehead atoms. The Balaban J connectivity index is 0.00000529. The van der Waals surface area contributed by atoms with E-state index >= 15 is 0 Å². The first-order valence-electron chi connectivity index (χ1n) is 7.18. The molecule has 0 aliphatic carbocycles. The molecule has 0 atom stereocenters. The summed E-state index contributed by atoms with van der Waals surface area (Å²) in [5, 5.41) is 8.75. The van der Waals surface area contributed by atoms with Gasteiger partial charge in [-0.3, -0.25) is 4.99 Å². The number of rotatable bonds is 8. The molecule has 1 heterocycles. The molecule has 0 aromatic carbocycles. The number of hydrogen-bond donors (Lipinski definition) is 3. The van der Waals surface area contributed by atoms with E-state index in [4.69, 9.17) is 4.74 Å². The summed E-state index contributed by atoms with van der Waals surface area (Å²) in [5.41, 5.74) is -0.776. The van der Waals surface area contributed by atoms with Gasteiger partial charge in [0.2, 0.25) is 0 Å². The van der Waals surface area contributed by atoms with Crippen LogP contribution in [-0.4, -0.2) is 51.3 Å². The number of aliphatic imine (C=N–C) groups is 1. The molecular weight excluding hydrogens is 438 g/mol. The van der Waals surface area contributed by atoms with Gasteiger partial charge in [-0.05, 0) is 18.6 Å². The first-order valence-corrected chi connectivity index (χ1v) is 7.18. The number of nitrogens with one attached hydrogen (secondary N) is 3. The van der Waals surface area contributed by atoms with Gasteiger partial charge < -0.3 is 20.7 Å². The van der Waals surface area contributed by atoms with Gasteiger partial charge in [0.05, 0.1) is 5.56 Å². The highest BCUT2D eigenvalue weighted by molar-refractivity contribution is 14.0. The summed E-state index contributed by atoms with van der Waals surface area (Å²) in [7, 11) is 3.26. The van der Waals surface area contributed by atoms with E-state index in [1.807, 2.05) is 0 Å². The Morgan fingerprint density at radius 1 is 1.25 bits per heavy atom. The molecular formula is C14H23F3IN5O. The normalized spacial score (nSPS) is 11.6. The van der Waals surface area contributed by atoms with E-state index in [9.17, 15) is 13.2 Å². The van der Waals surface area contributed by atoms with Gasteiger partial charge in [0.1, 0.15) is 5.82 Å². The van der Waals surface area contributed by atoms with Crippen molar-refractivity contribution in [3.05, 3.63) is 23.9 Å². The van der Waals surface area contributed by atoms with Crippen molar-refractivity contribution >= 4 is 35.8 Å². The number of aromatic nitrogens is 1. The fraction of sp³-hybridized carbons (Fsp3) is 0.571. The predicted molar refractivity (Wildman–Crippen MR) is 99.0 cm³/mol. The largest absolute Gasteiger partial charge is 0.419 e. The third kappa shape index (κ3) is 8.52. The van der Waals surface area contributed by atoms with E-state index in [1.165, 1.54) is 12.3 Å². The van der Waals surface area contributed by atoms with Gasteiger partial charge in [-0.1, -0.05) is 0 Å². The van der Waals surface area contributed by atoms with Crippen LogP contribution in [0.2, 0.25) is 0 Å². The van der Waals surface area contributed by atoms with E-state index in [1.54, 1.807) is 14.2 Å². The van der Waals surface area contributed by atoms with Crippen LogP contribution in [0.1, 0.15) is 12.0 Å². The van der Waals surface area contributed by atoms with Crippen molar-refractivity contribution in [2.75, 3.05) is 45.7 Å². The second kappa shape index (κ2) is 12.1. The SMILES string of the molecule is CN=C(NCCCOC)NCCNc1ncccc1C(F)(F)F.I. The summed E-state index contributed by atoms with van der Waals surface area (Å²) < 4.78 is 43.4. The van der Waals surface area contributed by atoms with Crippen molar-refractivity contribution in [1.29, 1.82) is 0 Å². The lowest BCUT2D eigenvalue weighted by Gasteiger charge is -2.15. The molecule has 0 aliphatic rings. The minimum Gasteiger partial charge on any atom is -0.385 e. The quantitative estimate of drug-likeness (QED) is 0.240. The van der Waals surface area contributed by atoms with E-state index in [0.717, 1.165) is 12.5 Å². The van der Waals surface area contributed by atoms with E-state index < -0.39 is 11.7 Å².